The highest BCUT2D eigenvalue weighted by atomic mass is 16.5. The summed E-state index contributed by atoms with van der Waals surface area (Å²) in [6.07, 6.45) is 4.51. The van der Waals surface area contributed by atoms with Crippen molar-refractivity contribution in [3.05, 3.63) is 23.7 Å². The highest BCUT2D eigenvalue weighted by molar-refractivity contribution is 5.13. The van der Waals surface area contributed by atoms with Crippen molar-refractivity contribution in [3.63, 3.8) is 0 Å². The number of hydrogen-bond donors (Lipinski definition) is 1. The summed E-state index contributed by atoms with van der Waals surface area (Å²) in [5.74, 6) is 1.03. The van der Waals surface area contributed by atoms with Crippen LogP contribution in [0.1, 0.15) is 31.1 Å². The van der Waals surface area contributed by atoms with Crippen molar-refractivity contribution in [2.75, 3.05) is 26.8 Å². The first kappa shape index (κ1) is 13.6. The van der Waals surface area contributed by atoms with Gasteiger partial charge in [0.1, 0.15) is 5.76 Å². The minimum atomic E-state index is 0.747. The van der Waals surface area contributed by atoms with Crippen molar-refractivity contribution in [2.45, 2.75) is 38.9 Å². The molecule has 0 atom stereocenters. The van der Waals surface area contributed by atoms with Crippen molar-refractivity contribution in [2.24, 2.45) is 0 Å². The number of nitrogens with one attached hydrogen (secondary N) is 1. The summed E-state index contributed by atoms with van der Waals surface area (Å²) in [7, 11) is 2.09. The molecule has 0 saturated heterocycles. The van der Waals surface area contributed by atoms with Crippen molar-refractivity contribution >= 4 is 0 Å². The van der Waals surface area contributed by atoms with Gasteiger partial charge in [0.05, 0.1) is 19.4 Å². The molecule has 1 aliphatic rings. The lowest BCUT2D eigenvalue weighted by Crippen LogP contribution is -2.22. The van der Waals surface area contributed by atoms with Crippen LogP contribution in [0.3, 0.4) is 0 Å². The molecule has 4 nitrogen and oxygen atoms in total. The number of hydrogen-bond acceptors (Lipinski definition) is 4. The Bertz CT molecular complexity index is 347. The van der Waals surface area contributed by atoms with Gasteiger partial charge in [-0.3, -0.25) is 4.90 Å². The largest absolute Gasteiger partial charge is 0.468 e. The number of rotatable bonds is 9. The van der Waals surface area contributed by atoms with E-state index in [1.165, 1.54) is 18.4 Å². The Morgan fingerprint density at radius 3 is 3.06 bits per heavy atom. The van der Waals surface area contributed by atoms with E-state index in [4.69, 9.17) is 9.15 Å². The van der Waals surface area contributed by atoms with Gasteiger partial charge in [0.2, 0.25) is 0 Å². The predicted molar refractivity (Wildman–Crippen MR) is 71.4 cm³/mol. The van der Waals surface area contributed by atoms with Crippen molar-refractivity contribution < 1.29 is 9.15 Å². The summed E-state index contributed by atoms with van der Waals surface area (Å²) in [4.78, 5) is 2.21. The highest BCUT2D eigenvalue weighted by Crippen LogP contribution is 2.19. The second kappa shape index (κ2) is 6.92. The van der Waals surface area contributed by atoms with Crippen LogP contribution < -0.4 is 5.32 Å². The lowest BCUT2D eigenvalue weighted by atomic mass is 10.3. The van der Waals surface area contributed by atoms with E-state index in [9.17, 15) is 0 Å². The van der Waals surface area contributed by atoms with Crippen molar-refractivity contribution in [3.8, 4) is 0 Å². The molecule has 0 spiro atoms. The van der Waals surface area contributed by atoms with Gasteiger partial charge in [-0.25, -0.2) is 0 Å². The Morgan fingerprint density at radius 2 is 2.33 bits per heavy atom. The summed E-state index contributed by atoms with van der Waals surface area (Å²) >= 11 is 0. The molecule has 0 aromatic carbocycles. The zero-order valence-electron chi connectivity index (χ0n) is 11.4. The Labute approximate surface area is 109 Å². The number of ether oxygens (including phenoxy) is 1. The third-order valence-corrected chi connectivity index (χ3v) is 3.13. The molecule has 0 unspecified atom stereocenters. The van der Waals surface area contributed by atoms with Crippen LogP contribution in [0.15, 0.2) is 16.7 Å². The Balaban J connectivity index is 1.67. The maximum atomic E-state index is 5.57. The van der Waals surface area contributed by atoms with Gasteiger partial charge < -0.3 is 14.5 Å². The van der Waals surface area contributed by atoms with E-state index in [0.29, 0.717) is 0 Å². The molecule has 18 heavy (non-hydrogen) atoms. The zero-order valence-corrected chi connectivity index (χ0v) is 11.4. The molecule has 1 aliphatic carbocycles. The number of likely N-dealkylation sites (N-methyl/N-ethyl adjacent to an activating group) is 1. The van der Waals surface area contributed by atoms with E-state index in [2.05, 4.69) is 23.3 Å². The average molecular weight is 252 g/mol. The molecule has 0 radical (unpaired) electrons. The summed E-state index contributed by atoms with van der Waals surface area (Å²) in [6, 6.07) is 2.89. The maximum Gasteiger partial charge on any atom is 0.118 e. The van der Waals surface area contributed by atoms with E-state index < -0.39 is 0 Å². The first-order chi connectivity index (χ1) is 8.78. The minimum absolute atomic E-state index is 0.747. The average Bonchev–Trinajstić information content (AvgIpc) is 3.08. The first-order valence-electron chi connectivity index (χ1n) is 6.84. The van der Waals surface area contributed by atoms with Crippen LogP contribution in [0.4, 0.5) is 0 Å². The van der Waals surface area contributed by atoms with E-state index in [0.717, 1.165) is 44.7 Å². The molecular formula is C14H24N2O2. The molecule has 1 N–H and O–H groups in total. The van der Waals surface area contributed by atoms with E-state index >= 15 is 0 Å². The minimum Gasteiger partial charge on any atom is -0.468 e. The van der Waals surface area contributed by atoms with Crippen LogP contribution in [-0.4, -0.2) is 37.7 Å². The second-order valence-electron chi connectivity index (χ2n) is 5.01. The monoisotopic (exact) mass is 252 g/mol. The maximum absolute atomic E-state index is 5.57. The standard InChI is InChI=1S/C14H24N2O2/c1-3-17-7-6-16(2)10-14-8-12(11-18-14)9-15-13-4-5-13/h8,11,13,15H,3-7,9-10H2,1-2H3. The normalized spacial score (nSPS) is 15.5. The SMILES string of the molecule is CCOCCN(C)Cc1cc(CNC2CC2)co1. The van der Waals surface area contributed by atoms with Crippen LogP contribution >= 0.6 is 0 Å². The number of furan rings is 1. The summed E-state index contributed by atoms with van der Waals surface area (Å²) < 4.78 is 10.9. The number of nitrogens with zero attached hydrogens (tertiary/aromatic N) is 1. The van der Waals surface area contributed by atoms with Crippen LogP contribution in [0.25, 0.3) is 0 Å². The second-order valence-corrected chi connectivity index (χ2v) is 5.01. The molecule has 0 aliphatic heterocycles. The molecule has 1 saturated carbocycles. The Hall–Kier alpha value is -0.840. The molecule has 1 fully saturated rings. The van der Waals surface area contributed by atoms with Gasteiger partial charge in [-0.2, -0.15) is 0 Å². The van der Waals surface area contributed by atoms with Gasteiger partial charge in [0.25, 0.3) is 0 Å². The molecule has 1 aromatic rings. The molecular weight excluding hydrogens is 228 g/mol. The van der Waals surface area contributed by atoms with Crippen LogP contribution in [0, 0.1) is 0 Å². The summed E-state index contributed by atoms with van der Waals surface area (Å²) in [5.41, 5.74) is 1.25. The first-order valence-corrected chi connectivity index (χ1v) is 6.84. The van der Waals surface area contributed by atoms with E-state index in [1.54, 1.807) is 0 Å². The van der Waals surface area contributed by atoms with E-state index in [-0.39, 0.29) is 0 Å². The Morgan fingerprint density at radius 1 is 1.50 bits per heavy atom. The van der Waals surface area contributed by atoms with Crippen LogP contribution in [0.5, 0.6) is 0 Å². The van der Waals surface area contributed by atoms with Crippen LogP contribution in [0.2, 0.25) is 0 Å². The van der Waals surface area contributed by atoms with Gasteiger partial charge in [0, 0.05) is 31.3 Å². The van der Waals surface area contributed by atoms with E-state index in [1.807, 2.05) is 13.2 Å². The lowest BCUT2D eigenvalue weighted by Gasteiger charge is -2.14. The highest BCUT2D eigenvalue weighted by Gasteiger charge is 2.20. The molecule has 1 aromatic heterocycles. The fourth-order valence-electron chi connectivity index (χ4n) is 1.86. The predicted octanol–water partition coefficient (Wildman–Crippen LogP) is 2.00. The fraction of sp³-hybridized carbons (Fsp3) is 0.714. The lowest BCUT2D eigenvalue weighted by molar-refractivity contribution is 0.118. The molecule has 0 bridgehead atoms. The molecule has 0 amide bonds. The van der Waals surface area contributed by atoms with Gasteiger partial charge in [-0.1, -0.05) is 0 Å². The summed E-state index contributed by atoms with van der Waals surface area (Å²) in [5, 5.41) is 3.49. The van der Waals surface area contributed by atoms with Crippen LogP contribution in [-0.2, 0) is 17.8 Å². The van der Waals surface area contributed by atoms with Crippen molar-refractivity contribution in [1.82, 2.24) is 10.2 Å². The fourth-order valence-corrected chi connectivity index (χ4v) is 1.86. The van der Waals surface area contributed by atoms with Gasteiger partial charge in [-0.15, -0.1) is 0 Å². The third-order valence-electron chi connectivity index (χ3n) is 3.13. The molecule has 102 valence electrons. The third kappa shape index (κ3) is 4.80. The zero-order chi connectivity index (χ0) is 12.8. The van der Waals surface area contributed by atoms with Gasteiger partial charge in [-0.05, 0) is 32.9 Å². The molecule has 2 rings (SSSR count). The van der Waals surface area contributed by atoms with Gasteiger partial charge in [0.15, 0.2) is 0 Å². The molecule has 4 heteroatoms. The Kier molecular flexibility index (Phi) is 5.23. The quantitative estimate of drug-likeness (QED) is 0.682. The van der Waals surface area contributed by atoms with Gasteiger partial charge >= 0.3 is 0 Å². The topological polar surface area (TPSA) is 37.6 Å². The smallest absolute Gasteiger partial charge is 0.118 e. The van der Waals surface area contributed by atoms with Crippen molar-refractivity contribution in [1.29, 1.82) is 0 Å². The molecule has 1 heterocycles. The summed E-state index contributed by atoms with van der Waals surface area (Å²) in [6.45, 7) is 6.29.